The van der Waals surface area contributed by atoms with Gasteiger partial charge in [0.05, 0.1) is 0 Å². The van der Waals surface area contributed by atoms with Crippen LogP contribution in [0.3, 0.4) is 0 Å². The third-order valence-electron chi connectivity index (χ3n) is 5.16. The van der Waals surface area contributed by atoms with Gasteiger partial charge in [-0.25, -0.2) is 4.39 Å². The maximum absolute atomic E-state index is 14.4. The largest absolute Gasteiger partial charge is 0.387 e. The first-order chi connectivity index (χ1) is 11.7. The van der Waals surface area contributed by atoms with Crippen LogP contribution < -0.4 is 10.6 Å². The zero-order valence-corrected chi connectivity index (χ0v) is 16.4. The predicted octanol–water partition coefficient (Wildman–Crippen LogP) is 4.09. The molecule has 3 N–H and O–H groups in total. The van der Waals surface area contributed by atoms with Crippen LogP contribution >= 0.6 is 0 Å². The number of hydrogen-bond acceptors (Lipinski definition) is 3. The maximum atomic E-state index is 14.4. The fourth-order valence-corrected chi connectivity index (χ4v) is 3.13. The highest BCUT2D eigenvalue weighted by Crippen LogP contribution is 2.30. The summed E-state index contributed by atoms with van der Waals surface area (Å²) >= 11 is 0. The van der Waals surface area contributed by atoms with E-state index in [4.69, 9.17) is 5.11 Å². The molecule has 0 bridgehead atoms. The van der Waals surface area contributed by atoms with Crippen molar-refractivity contribution in [3.63, 3.8) is 0 Å². The van der Waals surface area contributed by atoms with Crippen molar-refractivity contribution in [1.82, 2.24) is 10.6 Å². The fourth-order valence-electron chi connectivity index (χ4n) is 3.13. The minimum absolute atomic E-state index is 0.000127. The molecule has 0 fully saturated rings. The summed E-state index contributed by atoms with van der Waals surface area (Å²) in [4.78, 5) is 11.5. The van der Waals surface area contributed by atoms with E-state index in [2.05, 4.69) is 31.4 Å². The Labute approximate surface area is 151 Å². The van der Waals surface area contributed by atoms with Crippen LogP contribution in [0.1, 0.15) is 67.2 Å². The van der Waals surface area contributed by atoms with Gasteiger partial charge in [-0.3, -0.25) is 4.79 Å². The van der Waals surface area contributed by atoms with Crippen LogP contribution in [0.15, 0.2) is 33.9 Å². The topological polar surface area (TPSA) is 61.4 Å². The van der Waals surface area contributed by atoms with Gasteiger partial charge >= 0.3 is 0 Å². The van der Waals surface area contributed by atoms with Gasteiger partial charge in [-0.15, -0.1) is 0 Å². The highest BCUT2D eigenvalue weighted by atomic mass is 19.1. The molecule has 4 nitrogen and oxygen atoms in total. The molecule has 0 aromatic carbocycles. The minimum atomic E-state index is -0.545. The monoisotopic (exact) mass is 352 g/mol. The van der Waals surface area contributed by atoms with Crippen molar-refractivity contribution >= 4 is 5.91 Å². The molecule has 0 saturated carbocycles. The highest BCUT2D eigenvalue weighted by molar-refractivity contribution is 5.77. The summed E-state index contributed by atoms with van der Waals surface area (Å²) in [5, 5.41) is 14.9. The lowest BCUT2D eigenvalue weighted by molar-refractivity contribution is -0.124. The van der Waals surface area contributed by atoms with Crippen molar-refractivity contribution in [3.05, 3.63) is 33.9 Å². The van der Waals surface area contributed by atoms with Crippen LogP contribution in [-0.2, 0) is 4.79 Å². The summed E-state index contributed by atoms with van der Waals surface area (Å²) in [5.41, 5.74) is 5.17. The van der Waals surface area contributed by atoms with Crippen molar-refractivity contribution < 1.29 is 14.3 Å². The second-order valence-electron chi connectivity index (χ2n) is 7.13. The average Bonchev–Trinajstić information content (AvgIpc) is 2.57. The molecule has 1 aliphatic rings. The summed E-state index contributed by atoms with van der Waals surface area (Å²) < 4.78 is 14.4. The molecular weight excluding hydrogens is 319 g/mol. The minimum Gasteiger partial charge on any atom is -0.387 e. The van der Waals surface area contributed by atoms with Crippen LogP contribution in [0.5, 0.6) is 0 Å². The zero-order chi connectivity index (χ0) is 19.1. The van der Waals surface area contributed by atoms with Crippen LogP contribution in [0.4, 0.5) is 4.39 Å². The normalized spacial score (nSPS) is 23.0. The fraction of sp³-hybridized carbons (Fsp3) is 0.650. The molecule has 0 aromatic heterocycles. The summed E-state index contributed by atoms with van der Waals surface area (Å²) in [5.74, 6) is -0.572. The van der Waals surface area contributed by atoms with E-state index in [1.807, 2.05) is 20.8 Å². The van der Waals surface area contributed by atoms with Gasteiger partial charge < -0.3 is 15.7 Å². The van der Waals surface area contributed by atoms with Gasteiger partial charge in [-0.2, -0.15) is 0 Å². The van der Waals surface area contributed by atoms with E-state index >= 15 is 0 Å². The molecule has 1 aliphatic carbocycles. The van der Waals surface area contributed by atoms with E-state index in [0.717, 1.165) is 24.1 Å². The van der Waals surface area contributed by atoms with Gasteiger partial charge in [0.25, 0.3) is 0 Å². The molecular formula is C20H33FN2O2. The number of halogens is 1. The third kappa shape index (κ3) is 5.99. The number of allylic oxidation sites excluding steroid dienone is 5. The van der Waals surface area contributed by atoms with Crippen molar-refractivity contribution in [2.24, 2.45) is 5.92 Å². The Bertz CT molecular complexity index is 591. The van der Waals surface area contributed by atoms with Gasteiger partial charge in [-0.1, -0.05) is 25.8 Å². The lowest BCUT2D eigenvalue weighted by Gasteiger charge is -2.31. The number of rotatable bonds is 7. The SMILES string of the molecule is CCC/C(C)=C(C)\C(C)=C(\C)NC1=C(F)C[C@@H](C)C(NC(=O)CO)C1. The molecule has 0 heterocycles. The molecule has 0 saturated heterocycles. The number of nitrogens with one attached hydrogen (secondary N) is 2. The smallest absolute Gasteiger partial charge is 0.245 e. The molecule has 2 atom stereocenters. The second-order valence-corrected chi connectivity index (χ2v) is 7.13. The Kier molecular flexibility index (Phi) is 8.36. The van der Waals surface area contributed by atoms with E-state index in [1.54, 1.807) is 0 Å². The van der Waals surface area contributed by atoms with Gasteiger partial charge in [0.15, 0.2) is 0 Å². The number of amides is 1. The van der Waals surface area contributed by atoms with Crippen molar-refractivity contribution in [2.45, 2.75) is 73.3 Å². The average molecular weight is 352 g/mol. The number of aliphatic hydroxyl groups excluding tert-OH is 1. The molecule has 0 radical (unpaired) electrons. The lowest BCUT2D eigenvalue weighted by Crippen LogP contribution is -2.44. The number of hydrogen-bond donors (Lipinski definition) is 3. The second kappa shape index (κ2) is 9.76. The first-order valence-electron chi connectivity index (χ1n) is 9.10. The summed E-state index contributed by atoms with van der Waals surface area (Å²) in [7, 11) is 0. The van der Waals surface area contributed by atoms with E-state index < -0.39 is 12.5 Å². The summed E-state index contributed by atoms with van der Waals surface area (Å²) in [6.07, 6.45) is 2.85. The first kappa shape index (κ1) is 21.4. The standard InChI is InChI=1S/C20H33FN2O2/c1-7-8-12(2)14(4)15(5)16(6)22-19-10-18(23-20(25)11-24)13(3)9-17(19)21/h13,18,22,24H,7-11H2,1-6H3,(H,23,25)/b14-12-,16-15-/t13-,18?/m1/s1. The van der Waals surface area contributed by atoms with Gasteiger partial charge in [0.1, 0.15) is 12.4 Å². The predicted molar refractivity (Wildman–Crippen MR) is 100 cm³/mol. The van der Waals surface area contributed by atoms with Crippen LogP contribution in [0.25, 0.3) is 0 Å². The van der Waals surface area contributed by atoms with Crippen LogP contribution in [0, 0.1) is 5.92 Å². The van der Waals surface area contributed by atoms with Crippen molar-refractivity contribution in [1.29, 1.82) is 0 Å². The molecule has 1 unspecified atom stereocenters. The summed E-state index contributed by atoms with van der Waals surface area (Å²) in [6, 6.07) is -0.173. The van der Waals surface area contributed by atoms with Crippen LogP contribution in [0.2, 0.25) is 0 Å². The quantitative estimate of drug-likeness (QED) is 0.605. The van der Waals surface area contributed by atoms with Crippen LogP contribution in [-0.4, -0.2) is 23.7 Å². The molecule has 1 rings (SSSR count). The van der Waals surface area contributed by atoms with Crippen molar-refractivity contribution in [2.75, 3.05) is 6.61 Å². The van der Waals surface area contributed by atoms with Gasteiger partial charge in [0.2, 0.25) is 5.91 Å². The Balaban J connectivity index is 2.95. The van der Waals surface area contributed by atoms with E-state index in [9.17, 15) is 9.18 Å². The van der Waals surface area contributed by atoms with Gasteiger partial charge in [0, 0.05) is 30.3 Å². The number of carbonyl (C=O) groups excluding carboxylic acids is 1. The lowest BCUT2D eigenvalue weighted by atomic mass is 9.87. The summed E-state index contributed by atoms with van der Waals surface area (Å²) in [6.45, 7) is 11.8. The molecule has 0 aliphatic heterocycles. The third-order valence-corrected chi connectivity index (χ3v) is 5.16. The Morgan fingerprint density at radius 1 is 1.20 bits per heavy atom. The maximum Gasteiger partial charge on any atom is 0.245 e. The van der Waals surface area contributed by atoms with E-state index in [-0.39, 0.29) is 24.2 Å². The van der Waals surface area contributed by atoms with E-state index in [1.165, 1.54) is 11.1 Å². The Morgan fingerprint density at radius 2 is 1.84 bits per heavy atom. The molecule has 0 aromatic rings. The highest BCUT2D eigenvalue weighted by Gasteiger charge is 2.29. The molecule has 25 heavy (non-hydrogen) atoms. The van der Waals surface area contributed by atoms with E-state index in [0.29, 0.717) is 12.1 Å². The molecule has 0 spiro atoms. The Hall–Kier alpha value is -1.62. The zero-order valence-electron chi connectivity index (χ0n) is 16.4. The van der Waals surface area contributed by atoms with Crippen molar-refractivity contribution in [3.8, 4) is 0 Å². The molecule has 142 valence electrons. The molecule has 5 heteroatoms. The first-order valence-corrected chi connectivity index (χ1v) is 9.10. The van der Waals surface area contributed by atoms with Gasteiger partial charge in [-0.05, 0) is 51.2 Å². The number of carbonyl (C=O) groups is 1. The Morgan fingerprint density at radius 3 is 2.40 bits per heavy atom. The molecule has 1 amide bonds. The number of aliphatic hydroxyl groups is 1.